The molecule has 2 N–H and O–H groups in total. The number of carbonyl (C=O) groups excluding carboxylic acids is 1. The first-order valence-corrected chi connectivity index (χ1v) is 7.57. The molecule has 0 aliphatic rings. The molecule has 122 valence electrons. The van der Waals surface area contributed by atoms with E-state index in [0.717, 1.165) is 0 Å². The number of halogens is 1. The first-order valence-electron chi connectivity index (χ1n) is 7.19. The Hall–Kier alpha value is -2.34. The molecule has 7 heteroatoms. The molecule has 0 aliphatic heterocycles. The van der Waals surface area contributed by atoms with Crippen LogP contribution in [0.25, 0.3) is 5.69 Å². The lowest BCUT2D eigenvalue weighted by Gasteiger charge is -2.14. The Kier molecular flexibility index (Phi) is 5.05. The van der Waals surface area contributed by atoms with Crippen molar-refractivity contribution >= 4 is 23.5 Å². The predicted molar refractivity (Wildman–Crippen MR) is 87.2 cm³/mol. The Balaban J connectivity index is 2.46. The maximum Gasteiger partial charge on any atom is 0.325 e. The molecule has 0 aliphatic carbocycles. The summed E-state index contributed by atoms with van der Waals surface area (Å²) < 4.78 is 1.62. The number of carboxylic acids is 1. The summed E-state index contributed by atoms with van der Waals surface area (Å²) >= 11 is 6.21. The third kappa shape index (κ3) is 3.53. The number of hydrogen-bond donors (Lipinski definition) is 2. The third-order valence-electron chi connectivity index (χ3n) is 3.40. The summed E-state index contributed by atoms with van der Waals surface area (Å²) in [5.41, 5.74) is 1.68. The molecule has 2 aromatic rings. The number of carbonyl (C=O) groups is 2. The molecule has 1 amide bonds. The number of nitrogens with zero attached hydrogens (tertiary/aromatic N) is 2. The quantitative estimate of drug-likeness (QED) is 0.880. The third-order valence-corrected chi connectivity index (χ3v) is 3.72. The Morgan fingerprint density at radius 1 is 1.26 bits per heavy atom. The second-order valence-corrected chi connectivity index (χ2v) is 5.90. The molecular weight excluding hydrogens is 318 g/mol. The van der Waals surface area contributed by atoms with E-state index in [1.807, 2.05) is 32.0 Å². The largest absolute Gasteiger partial charge is 0.480 e. The van der Waals surface area contributed by atoms with Gasteiger partial charge in [0.2, 0.25) is 0 Å². The van der Waals surface area contributed by atoms with E-state index >= 15 is 0 Å². The molecule has 0 saturated heterocycles. The zero-order valence-corrected chi connectivity index (χ0v) is 13.8. The van der Waals surface area contributed by atoms with E-state index in [4.69, 9.17) is 16.7 Å². The Morgan fingerprint density at radius 2 is 1.91 bits per heavy atom. The van der Waals surface area contributed by atoms with Crippen LogP contribution < -0.4 is 5.32 Å². The molecule has 0 unspecified atom stereocenters. The minimum absolute atomic E-state index is 0.00495. The standard InChI is InChI=1S/C16H18ClN3O3/c1-9(2)14-11(15(21)19-10(3)16(22)23)8-18-20(14)13-7-5-4-6-12(13)17/h4-10H,1-3H3,(H,19,21)(H,22,23)/t10-/m0/s1. The van der Waals surface area contributed by atoms with Gasteiger partial charge in [0, 0.05) is 0 Å². The second kappa shape index (κ2) is 6.83. The van der Waals surface area contributed by atoms with Crippen molar-refractivity contribution in [1.29, 1.82) is 0 Å². The van der Waals surface area contributed by atoms with Crippen molar-refractivity contribution < 1.29 is 14.7 Å². The summed E-state index contributed by atoms with van der Waals surface area (Å²) in [7, 11) is 0. The summed E-state index contributed by atoms with van der Waals surface area (Å²) in [6, 6.07) is 6.22. The van der Waals surface area contributed by atoms with Crippen LogP contribution in [0.4, 0.5) is 0 Å². The molecule has 0 radical (unpaired) electrons. The van der Waals surface area contributed by atoms with Crippen LogP contribution in [-0.4, -0.2) is 32.8 Å². The number of aliphatic carboxylic acids is 1. The van der Waals surface area contributed by atoms with Gasteiger partial charge in [-0.1, -0.05) is 37.6 Å². The van der Waals surface area contributed by atoms with Crippen LogP contribution in [0, 0.1) is 0 Å². The van der Waals surface area contributed by atoms with Gasteiger partial charge in [0.1, 0.15) is 6.04 Å². The number of nitrogens with one attached hydrogen (secondary N) is 1. The normalized spacial score (nSPS) is 12.2. The van der Waals surface area contributed by atoms with Crippen LogP contribution in [0.15, 0.2) is 30.5 Å². The van der Waals surface area contributed by atoms with Crippen LogP contribution in [0.1, 0.15) is 42.7 Å². The van der Waals surface area contributed by atoms with Gasteiger partial charge in [0.25, 0.3) is 5.91 Å². The van der Waals surface area contributed by atoms with E-state index < -0.39 is 17.9 Å². The van der Waals surface area contributed by atoms with Crippen molar-refractivity contribution in [2.45, 2.75) is 32.7 Å². The van der Waals surface area contributed by atoms with Crippen LogP contribution in [0.3, 0.4) is 0 Å². The molecule has 0 saturated carbocycles. The van der Waals surface area contributed by atoms with Crippen molar-refractivity contribution in [2.75, 3.05) is 0 Å². The summed E-state index contributed by atoms with van der Waals surface area (Å²) in [6.45, 7) is 5.28. The van der Waals surface area contributed by atoms with Crippen LogP contribution in [0.5, 0.6) is 0 Å². The molecule has 23 heavy (non-hydrogen) atoms. The molecule has 1 heterocycles. The van der Waals surface area contributed by atoms with Gasteiger partial charge in [-0.05, 0) is 25.0 Å². The number of benzene rings is 1. The Bertz CT molecular complexity index is 740. The lowest BCUT2D eigenvalue weighted by atomic mass is 10.0. The highest BCUT2D eigenvalue weighted by molar-refractivity contribution is 6.32. The predicted octanol–water partition coefficient (Wildman–Crippen LogP) is 2.85. The average Bonchev–Trinajstić information content (AvgIpc) is 2.92. The summed E-state index contributed by atoms with van der Waals surface area (Å²) in [6.07, 6.45) is 1.43. The zero-order chi connectivity index (χ0) is 17.1. The first kappa shape index (κ1) is 17.0. The van der Waals surface area contributed by atoms with E-state index in [1.54, 1.807) is 10.7 Å². The first-order chi connectivity index (χ1) is 10.8. The molecular formula is C16H18ClN3O3. The van der Waals surface area contributed by atoms with Gasteiger partial charge < -0.3 is 10.4 Å². The molecule has 0 spiro atoms. The molecule has 0 fully saturated rings. The highest BCUT2D eigenvalue weighted by atomic mass is 35.5. The molecule has 6 nitrogen and oxygen atoms in total. The monoisotopic (exact) mass is 335 g/mol. The minimum atomic E-state index is -1.09. The molecule has 2 rings (SSSR count). The zero-order valence-electron chi connectivity index (χ0n) is 13.1. The number of carboxylic acid groups (broad SMARTS) is 1. The van der Waals surface area contributed by atoms with Crippen molar-refractivity contribution in [3.05, 3.63) is 46.7 Å². The van der Waals surface area contributed by atoms with Gasteiger partial charge in [0.15, 0.2) is 0 Å². The van der Waals surface area contributed by atoms with Crippen molar-refractivity contribution in [2.24, 2.45) is 0 Å². The van der Waals surface area contributed by atoms with Gasteiger partial charge in [-0.2, -0.15) is 5.10 Å². The van der Waals surface area contributed by atoms with Gasteiger partial charge >= 0.3 is 5.97 Å². The van der Waals surface area contributed by atoms with Crippen molar-refractivity contribution in [1.82, 2.24) is 15.1 Å². The van der Waals surface area contributed by atoms with Crippen LogP contribution in [0.2, 0.25) is 5.02 Å². The van der Waals surface area contributed by atoms with E-state index in [1.165, 1.54) is 13.1 Å². The number of para-hydroxylation sites is 1. The van der Waals surface area contributed by atoms with E-state index in [-0.39, 0.29) is 5.92 Å². The lowest BCUT2D eigenvalue weighted by molar-refractivity contribution is -0.138. The van der Waals surface area contributed by atoms with E-state index in [9.17, 15) is 9.59 Å². The summed E-state index contributed by atoms with van der Waals surface area (Å²) in [4.78, 5) is 23.3. The molecule has 1 atom stereocenters. The van der Waals surface area contributed by atoms with Crippen LogP contribution in [-0.2, 0) is 4.79 Å². The Morgan fingerprint density at radius 3 is 2.48 bits per heavy atom. The van der Waals surface area contributed by atoms with Gasteiger partial charge in [-0.15, -0.1) is 0 Å². The SMILES string of the molecule is CC(C)c1c(C(=O)N[C@@H](C)C(=O)O)cnn1-c1ccccc1Cl. The summed E-state index contributed by atoms with van der Waals surface area (Å²) in [5, 5.41) is 16.2. The fourth-order valence-electron chi connectivity index (χ4n) is 2.24. The van der Waals surface area contributed by atoms with Crippen molar-refractivity contribution in [3.63, 3.8) is 0 Å². The summed E-state index contributed by atoms with van der Waals surface area (Å²) in [5.74, 6) is -1.57. The topological polar surface area (TPSA) is 84.2 Å². The lowest BCUT2D eigenvalue weighted by Crippen LogP contribution is -2.38. The van der Waals surface area contributed by atoms with Gasteiger partial charge in [-0.3, -0.25) is 9.59 Å². The molecule has 1 aromatic heterocycles. The molecule has 1 aromatic carbocycles. The number of hydrogen-bond acceptors (Lipinski definition) is 3. The van der Waals surface area contributed by atoms with Crippen LogP contribution >= 0.6 is 11.6 Å². The smallest absolute Gasteiger partial charge is 0.325 e. The fourth-order valence-corrected chi connectivity index (χ4v) is 2.46. The number of rotatable bonds is 5. The average molecular weight is 336 g/mol. The van der Waals surface area contributed by atoms with E-state index in [0.29, 0.717) is 22.0 Å². The highest BCUT2D eigenvalue weighted by Gasteiger charge is 2.24. The number of aromatic nitrogens is 2. The minimum Gasteiger partial charge on any atom is -0.480 e. The second-order valence-electron chi connectivity index (χ2n) is 5.49. The number of amides is 1. The van der Waals surface area contributed by atoms with Crippen molar-refractivity contribution in [3.8, 4) is 5.69 Å². The van der Waals surface area contributed by atoms with Gasteiger partial charge in [-0.25, -0.2) is 4.68 Å². The molecule has 0 bridgehead atoms. The highest BCUT2D eigenvalue weighted by Crippen LogP contribution is 2.27. The van der Waals surface area contributed by atoms with Gasteiger partial charge in [0.05, 0.1) is 28.2 Å². The van der Waals surface area contributed by atoms with E-state index in [2.05, 4.69) is 10.4 Å². The Labute approximate surface area is 139 Å². The fraction of sp³-hybridized carbons (Fsp3) is 0.312. The maximum atomic E-state index is 12.4. The maximum absolute atomic E-state index is 12.4.